The van der Waals surface area contributed by atoms with E-state index in [0.29, 0.717) is 0 Å². The maximum atomic E-state index is 5.48. The molecule has 2 N–H and O–H groups in total. The molecule has 0 saturated heterocycles. The van der Waals surface area contributed by atoms with Gasteiger partial charge in [-0.3, -0.25) is 0 Å². The molecule has 1 nitrogen and oxygen atoms in total. The predicted octanol–water partition coefficient (Wildman–Crippen LogP) is 3.33. The quantitative estimate of drug-likeness (QED) is 0.557. The average Bonchev–Trinajstić information content (AvgIpc) is 2.05. The minimum Gasteiger partial charge on any atom is -0.330 e. The summed E-state index contributed by atoms with van der Waals surface area (Å²) < 4.78 is 0. The van der Waals surface area contributed by atoms with Crippen molar-refractivity contribution in [2.75, 3.05) is 6.54 Å². The van der Waals surface area contributed by atoms with E-state index in [2.05, 4.69) is 13.8 Å². The minimum atomic E-state index is 0.844. The van der Waals surface area contributed by atoms with Crippen LogP contribution in [0.1, 0.15) is 58.8 Å². The van der Waals surface area contributed by atoms with Gasteiger partial charge in [-0.2, -0.15) is 0 Å². The van der Waals surface area contributed by atoms with E-state index in [-0.39, 0.29) is 0 Å². The Morgan fingerprint density at radius 2 is 1.67 bits per heavy atom. The summed E-state index contributed by atoms with van der Waals surface area (Å²) in [5.74, 6) is 0.844. The highest BCUT2D eigenvalue weighted by molar-refractivity contribution is 4.54. The highest BCUT2D eigenvalue weighted by atomic mass is 14.5. The Labute approximate surface area is 77.7 Å². The number of rotatable bonds is 8. The largest absolute Gasteiger partial charge is 0.330 e. The van der Waals surface area contributed by atoms with Crippen molar-refractivity contribution in [2.45, 2.75) is 58.8 Å². The molecule has 0 radical (unpaired) electrons. The topological polar surface area (TPSA) is 26.0 Å². The lowest BCUT2D eigenvalue weighted by Crippen LogP contribution is -2.05. The van der Waals surface area contributed by atoms with Gasteiger partial charge in [0.15, 0.2) is 0 Å². The second-order valence-corrected chi connectivity index (χ2v) is 3.89. The van der Waals surface area contributed by atoms with Crippen LogP contribution in [-0.4, -0.2) is 6.54 Å². The van der Waals surface area contributed by atoms with Crippen LogP contribution in [0, 0.1) is 5.92 Å². The molecule has 0 aromatic rings. The Morgan fingerprint density at radius 1 is 1.00 bits per heavy atom. The van der Waals surface area contributed by atoms with Crippen molar-refractivity contribution < 1.29 is 0 Å². The third kappa shape index (κ3) is 8.06. The summed E-state index contributed by atoms with van der Waals surface area (Å²) in [6.07, 6.45) is 9.58. The van der Waals surface area contributed by atoms with Gasteiger partial charge < -0.3 is 5.73 Å². The van der Waals surface area contributed by atoms with Gasteiger partial charge in [0.2, 0.25) is 0 Å². The van der Waals surface area contributed by atoms with Gasteiger partial charge in [0.1, 0.15) is 0 Å². The van der Waals surface area contributed by atoms with Gasteiger partial charge in [-0.15, -0.1) is 0 Å². The van der Waals surface area contributed by atoms with E-state index in [0.717, 1.165) is 12.5 Å². The van der Waals surface area contributed by atoms with Crippen LogP contribution in [0.4, 0.5) is 0 Å². The van der Waals surface area contributed by atoms with Gasteiger partial charge in [-0.1, -0.05) is 52.4 Å². The molecule has 0 rings (SSSR count). The van der Waals surface area contributed by atoms with E-state index < -0.39 is 0 Å². The average molecular weight is 171 g/mol. The molecule has 0 fully saturated rings. The zero-order chi connectivity index (χ0) is 9.23. The first-order valence-electron chi connectivity index (χ1n) is 5.51. The zero-order valence-corrected chi connectivity index (χ0v) is 8.81. The van der Waals surface area contributed by atoms with Gasteiger partial charge in [0.25, 0.3) is 0 Å². The van der Waals surface area contributed by atoms with E-state index in [4.69, 9.17) is 5.73 Å². The first-order chi connectivity index (χ1) is 5.81. The van der Waals surface area contributed by atoms with Crippen LogP contribution in [-0.2, 0) is 0 Å². The Hall–Kier alpha value is -0.0400. The molecule has 1 atom stereocenters. The Bertz CT molecular complexity index is 81.1. The van der Waals surface area contributed by atoms with Gasteiger partial charge in [0, 0.05) is 0 Å². The van der Waals surface area contributed by atoms with Crippen LogP contribution < -0.4 is 5.73 Å². The normalized spacial score (nSPS) is 13.2. The molecule has 0 aliphatic carbocycles. The fourth-order valence-electron chi connectivity index (χ4n) is 1.53. The van der Waals surface area contributed by atoms with Crippen molar-refractivity contribution in [3.8, 4) is 0 Å². The Morgan fingerprint density at radius 3 is 2.25 bits per heavy atom. The van der Waals surface area contributed by atoms with Gasteiger partial charge in [0.05, 0.1) is 0 Å². The maximum absolute atomic E-state index is 5.48. The lowest BCUT2D eigenvalue weighted by Gasteiger charge is -2.08. The third-order valence-corrected chi connectivity index (χ3v) is 2.46. The van der Waals surface area contributed by atoms with Crippen LogP contribution in [0.25, 0.3) is 0 Å². The van der Waals surface area contributed by atoms with Gasteiger partial charge in [-0.25, -0.2) is 0 Å². The Balaban J connectivity index is 2.97. The maximum Gasteiger partial charge on any atom is -0.00747 e. The summed E-state index contributed by atoms with van der Waals surface area (Å²) in [5, 5.41) is 0. The molecule has 74 valence electrons. The molecule has 0 heterocycles. The highest BCUT2D eigenvalue weighted by Crippen LogP contribution is 2.13. The number of unbranched alkanes of at least 4 members (excludes halogenated alkanes) is 4. The van der Waals surface area contributed by atoms with Gasteiger partial charge >= 0.3 is 0 Å². The molecule has 0 saturated carbocycles. The first-order valence-corrected chi connectivity index (χ1v) is 5.51. The summed E-state index contributed by atoms with van der Waals surface area (Å²) in [6.45, 7) is 5.43. The monoisotopic (exact) mass is 171 g/mol. The minimum absolute atomic E-state index is 0.844. The van der Waals surface area contributed by atoms with Crippen molar-refractivity contribution in [3.63, 3.8) is 0 Å². The molecule has 0 aromatic heterocycles. The van der Waals surface area contributed by atoms with E-state index in [1.54, 1.807) is 0 Å². The van der Waals surface area contributed by atoms with Gasteiger partial charge in [-0.05, 0) is 18.9 Å². The predicted molar refractivity (Wildman–Crippen MR) is 56.2 cm³/mol. The molecule has 0 bridgehead atoms. The molecule has 0 aliphatic heterocycles. The molecular weight excluding hydrogens is 146 g/mol. The molecule has 1 heteroatoms. The summed E-state index contributed by atoms with van der Waals surface area (Å²) in [5.41, 5.74) is 5.48. The van der Waals surface area contributed by atoms with E-state index in [1.807, 2.05) is 0 Å². The van der Waals surface area contributed by atoms with Crippen molar-refractivity contribution in [1.29, 1.82) is 0 Å². The van der Waals surface area contributed by atoms with Crippen molar-refractivity contribution >= 4 is 0 Å². The lowest BCUT2D eigenvalue weighted by atomic mass is 9.99. The fraction of sp³-hybridized carbons (Fsp3) is 1.00. The molecule has 0 spiro atoms. The van der Waals surface area contributed by atoms with Crippen LogP contribution >= 0.6 is 0 Å². The van der Waals surface area contributed by atoms with E-state index in [1.165, 1.54) is 44.9 Å². The molecule has 0 aliphatic rings. The number of hydrogen-bond acceptors (Lipinski definition) is 1. The van der Waals surface area contributed by atoms with Crippen LogP contribution in [0.3, 0.4) is 0 Å². The first kappa shape index (κ1) is 12.0. The zero-order valence-electron chi connectivity index (χ0n) is 8.81. The van der Waals surface area contributed by atoms with Crippen LogP contribution in [0.2, 0.25) is 0 Å². The second kappa shape index (κ2) is 9.05. The van der Waals surface area contributed by atoms with Crippen molar-refractivity contribution in [1.82, 2.24) is 0 Å². The smallest absolute Gasteiger partial charge is 0.00747 e. The number of hydrogen-bond donors (Lipinski definition) is 1. The third-order valence-electron chi connectivity index (χ3n) is 2.46. The van der Waals surface area contributed by atoms with Crippen molar-refractivity contribution in [2.24, 2.45) is 11.7 Å². The second-order valence-electron chi connectivity index (χ2n) is 3.89. The standard InChI is InChI=1S/C11H25N/c1-3-4-5-6-7-8-11(2)9-10-12/h11H,3-10,12H2,1-2H3. The molecule has 1 unspecified atom stereocenters. The SMILES string of the molecule is CCCCCCCC(C)CCN. The lowest BCUT2D eigenvalue weighted by molar-refractivity contribution is 0.463. The summed E-state index contributed by atoms with van der Waals surface area (Å²) in [6, 6.07) is 0. The molecule has 0 aromatic carbocycles. The molecule has 0 amide bonds. The summed E-state index contributed by atoms with van der Waals surface area (Å²) in [7, 11) is 0. The fourth-order valence-corrected chi connectivity index (χ4v) is 1.53. The van der Waals surface area contributed by atoms with Crippen LogP contribution in [0.5, 0.6) is 0 Å². The highest BCUT2D eigenvalue weighted by Gasteiger charge is 1.99. The molecule has 12 heavy (non-hydrogen) atoms. The van der Waals surface area contributed by atoms with Crippen LogP contribution in [0.15, 0.2) is 0 Å². The molecular formula is C11H25N. The van der Waals surface area contributed by atoms with Crippen molar-refractivity contribution in [3.05, 3.63) is 0 Å². The Kier molecular flexibility index (Phi) is 9.02. The number of nitrogens with two attached hydrogens (primary N) is 1. The summed E-state index contributed by atoms with van der Waals surface area (Å²) >= 11 is 0. The summed E-state index contributed by atoms with van der Waals surface area (Å²) in [4.78, 5) is 0. The van der Waals surface area contributed by atoms with E-state index >= 15 is 0 Å². The van der Waals surface area contributed by atoms with E-state index in [9.17, 15) is 0 Å².